The molecule has 0 aliphatic rings. The second-order valence-corrected chi connectivity index (χ2v) is 12.8. The number of carboxylic acids is 1. The average molecular weight is 574 g/mol. The van der Waals surface area contributed by atoms with Crippen LogP contribution in [0.3, 0.4) is 0 Å². The molecule has 6 heteroatoms. The van der Waals surface area contributed by atoms with Crippen LogP contribution in [0.2, 0.25) is 5.02 Å². The summed E-state index contributed by atoms with van der Waals surface area (Å²) in [7, 11) is 0. The summed E-state index contributed by atoms with van der Waals surface area (Å²) < 4.78 is 0. The molecule has 40 heavy (non-hydrogen) atoms. The van der Waals surface area contributed by atoms with E-state index in [4.69, 9.17) is 16.6 Å². The van der Waals surface area contributed by atoms with E-state index in [0.29, 0.717) is 5.02 Å². The smallest absolute Gasteiger partial charge is 0.307 e. The van der Waals surface area contributed by atoms with Crippen molar-refractivity contribution in [3.63, 3.8) is 0 Å². The SMILES string of the molecule is C[C@H](C(=O)O)[C@@H](C)SC(CCc1ccccc1C(C)(C)O)c1cccc(C=Cc2ccc3ccc(Cl)cc3n2)c1. The van der Waals surface area contributed by atoms with Crippen molar-refractivity contribution in [2.24, 2.45) is 5.92 Å². The number of aliphatic hydroxyl groups is 1. The minimum Gasteiger partial charge on any atom is -0.481 e. The monoisotopic (exact) mass is 573 g/mol. The molecule has 4 aromatic rings. The number of aryl methyl sites for hydroxylation is 1. The number of aromatic nitrogens is 1. The summed E-state index contributed by atoms with van der Waals surface area (Å²) in [4.78, 5) is 16.4. The highest BCUT2D eigenvalue weighted by Crippen LogP contribution is 2.40. The fraction of sp³-hybridized carbons (Fsp3) is 0.294. The standard InChI is InChI=1S/C34H36ClNO3S/c1-22(33(37)38)23(2)40-32(19-15-25-9-5-6-11-30(25)34(3,4)39)27-10-7-8-24(20-27)12-17-29-18-14-26-13-16-28(35)21-31(26)36-29/h5-14,16-18,20-23,32,39H,15,19H2,1-4H3,(H,37,38)/t22-,23+,32?/m0/s1. The van der Waals surface area contributed by atoms with Gasteiger partial charge < -0.3 is 10.2 Å². The fourth-order valence-electron chi connectivity index (χ4n) is 4.76. The van der Waals surface area contributed by atoms with Gasteiger partial charge in [-0.15, -0.1) is 11.8 Å². The minimum atomic E-state index is -0.933. The maximum atomic E-state index is 11.7. The molecule has 0 aliphatic carbocycles. The zero-order valence-electron chi connectivity index (χ0n) is 23.3. The summed E-state index contributed by atoms with van der Waals surface area (Å²) in [6, 6.07) is 26.1. The van der Waals surface area contributed by atoms with E-state index in [0.717, 1.165) is 51.7 Å². The van der Waals surface area contributed by atoms with Gasteiger partial charge in [0, 0.05) is 20.9 Å². The number of hydrogen-bond donors (Lipinski definition) is 2. The van der Waals surface area contributed by atoms with Crippen LogP contribution in [0.1, 0.15) is 67.3 Å². The van der Waals surface area contributed by atoms with Crippen molar-refractivity contribution in [1.29, 1.82) is 0 Å². The van der Waals surface area contributed by atoms with Crippen molar-refractivity contribution in [2.45, 2.75) is 56.6 Å². The molecule has 4 nitrogen and oxygen atoms in total. The molecular weight excluding hydrogens is 538 g/mol. The number of hydrogen-bond acceptors (Lipinski definition) is 4. The Morgan fingerprint density at radius 3 is 2.50 bits per heavy atom. The first-order valence-corrected chi connectivity index (χ1v) is 14.9. The maximum Gasteiger partial charge on any atom is 0.307 e. The number of rotatable bonds is 11. The lowest BCUT2D eigenvalue weighted by molar-refractivity contribution is -0.140. The van der Waals surface area contributed by atoms with Gasteiger partial charge in [0.25, 0.3) is 0 Å². The lowest BCUT2D eigenvalue weighted by Crippen LogP contribution is -2.21. The van der Waals surface area contributed by atoms with Crippen LogP contribution >= 0.6 is 23.4 Å². The predicted octanol–water partition coefficient (Wildman–Crippen LogP) is 8.80. The number of halogens is 1. The van der Waals surface area contributed by atoms with Gasteiger partial charge in [-0.05, 0) is 73.2 Å². The highest BCUT2D eigenvalue weighted by molar-refractivity contribution is 8.00. The van der Waals surface area contributed by atoms with Gasteiger partial charge in [-0.25, -0.2) is 4.98 Å². The van der Waals surface area contributed by atoms with Crippen molar-refractivity contribution in [3.05, 3.63) is 112 Å². The van der Waals surface area contributed by atoms with Crippen molar-refractivity contribution < 1.29 is 15.0 Å². The number of carboxylic acid groups (broad SMARTS) is 1. The van der Waals surface area contributed by atoms with Gasteiger partial charge in [0.2, 0.25) is 0 Å². The van der Waals surface area contributed by atoms with Crippen molar-refractivity contribution in [2.75, 3.05) is 0 Å². The molecule has 0 radical (unpaired) electrons. The summed E-state index contributed by atoms with van der Waals surface area (Å²) in [5.74, 6) is -1.25. The lowest BCUT2D eigenvalue weighted by atomic mass is 9.90. The third-order valence-electron chi connectivity index (χ3n) is 7.23. The van der Waals surface area contributed by atoms with Crippen LogP contribution in [0, 0.1) is 5.92 Å². The number of pyridine rings is 1. The van der Waals surface area contributed by atoms with E-state index in [9.17, 15) is 15.0 Å². The topological polar surface area (TPSA) is 70.4 Å². The van der Waals surface area contributed by atoms with Crippen LogP contribution in [-0.4, -0.2) is 26.4 Å². The van der Waals surface area contributed by atoms with Crippen LogP contribution in [-0.2, 0) is 16.8 Å². The Labute approximate surface area is 246 Å². The number of nitrogens with zero attached hydrogens (tertiary/aromatic N) is 1. The van der Waals surface area contributed by atoms with E-state index in [2.05, 4.69) is 30.3 Å². The van der Waals surface area contributed by atoms with Crippen LogP contribution in [0.4, 0.5) is 0 Å². The Morgan fingerprint density at radius 1 is 1.00 bits per heavy atom. The molecule has 4 rings (SSSR count). The van der Waals surface area contributed by atoms with E-state index in [1.807, 2.05) is 81.4 Å². The molecule has 0 saturated heterocycles. The van der Waals surface area contributed by atoms with E-state index < -0.39 is 17.5 Å². The molecule has 1 aromatic heterocycles. The van der Waals surface area contributed by atoms with Crippen LogP contribution in [0.5, 0.6) is 0 Å². The first-order valence-electron chi connectivity index (χ1n) is 13.5. The molecule has 1 heterocycles. The fourth-order valence-corrected chi connectivity index (χ4v) is 6.35. The predicted molar refractivity (Wildman–Crippen MR) is 169 cm³/mol. The Hall–Kier alpha value is -3.12. The molecule has 3 atom stereocenters. The van der Waals surface area contributed by atoms with E-state index in [1.165, 1.54) is 0 Å². The first-order chi connectivity index (χ1) is 19.0. The second-order valence-electron chi connectivity index (χ2n) is 10.8. The number of carbonyl (C=O) groups is 1. The van der Waals surface area contributed by atoms with Crippen LogP contribution < -0.4 is 0 Å². The van der Waals surface area contributed by atoms with Gasteiger partial charge in [-0.1, -0.05) is 92.2 Å². The van der Waals surface area contributed by atoms with Crippen molar-refractivity contribution in [1.82, 2.24) is 4.98 Å². The van der Waals surface area contributed by atoms with Gasteiger partial charge >= 0.3 is 5.97 Å². The number of fused-ring (bicyclic) bond motifs is 1. The molecule has 1 unspecified atom stereocenters. The zero-order chi connectivity index (χ0) is 28.9. The highest BCUT2D eigenvalue weighted by Gasteiger charge is 2.26. The van der Waals surface area contributed by atoms with Gasteiger partial charge in [0.15, 0.2) is 0 Å². The Kier molecular flexibility index (Phi) is 9.72. The minimum absolute atomic E-state index is 0.0696. The molecule has 0 saturated carbocycles. The molecular formula is C34H36ClNO3S. The van der Waals surface area contributed by atoms with E-state index in [1.54, 1.807) is 18.7 Å². The van der Waals surface area contributed by atoms with Crippen molar-refractivity contribution >= 4 is 52.4 Å². The number of aliphatic carboxylic acids is 1. The third-order valence-corrected chi connectivity index (χ3v) is 9.14. The summed E-state index contributed by atoms with van der Waals surface area (Å²) in [6.07, 6.45) is 5.64. The Morgan fingerprint density at radius 2 is 1.75 bits per heavy atom. The Bertz CT molecular complexity index is 1510. The molecule has 2 N–H and O–H groups in total. The second kappa shape index (κ2) is 13.0. The summed E-state index contributed by atoms with van der Waals surface area (Å²) in [5.41, 5.74) is 5.00. The van der Waals surface area contributed by atoms with E-state index in [-0.39, 0.29) is 10.5 Å². The number of thioether (sulfide) groups is 1. The highest BCUT2D eigenvalue weighted by atomic mass is 35.5. The maximum absolute atomic E-state index is 11.7. The molecule has 3 aromatic carbocycles. The van der Waals surface area contributed by atoms with Gasteiger partial charge in [-0.3, -0.25) is 4.79 Å². The first kappa shape index (κ1) is 29.9. The molecule has 0 spiro atoms. The number of benzene rings is 3. The molecule has 0 amide bonds. The van der Waals surface area contributed by atoms with Crippen LogP contribution in [0.25, 0.3) is 23.1 Å². The summed E-state index contributed by atoms with van der Waals surface area (Å²) in [6.45, 7) is 7.37. The van der Waals surface area contributed by atoms with E-state index >= 15 is 0 Å². The zero-order valence-corrected chi connectivity index (χ0v) is 24.9. The Balaban J connectivity index is 1.59. The quantitative estimate of drug-likeness (QED) is 0.187. The van der Waals surface area contributed by atoms with Crippen LogP contribution in [0.15, 0.2) is 78.9 Å². The molecule has 0 aliphatic heterocycles. The van der Waals surface area contributed by atoms with Crippen molar-refractivity contribution in [3.8, 4) is 0 Å². The molecule has 0 bridgehead atoms. The summed E-state index contributed by atoms with van der Waals surface area (Å²) in [5, 5.41) is 22.0. The molecule has 208 valence electrons. The van der Waals surface area contributed by atoms with Gasteiger partial charge in [-0.2, -0.15) is 0 Å². The van der Waals surface area contributed by atoms with Gasteiger partial charge in [0.1, 0.15) is 0 Å². The average Bonchev–Trinajstić information content (AvgIpc) is 2.93. The molecule has 0 fully saturated rings. The lowest BCUT2D eigenvalue weighted by Gasteiger charge is -2.26. The largest absolute Gasteiger partial charge is 0.481 e. The summed E-state index contributed by atoms with van der Waals surface area (Å²) >= 11 is 7.85. The third kappa shape index (κ3) is 7.75. The normalized spacial score (nSPS) is 14.3. The van der Waals surface area contributed by atoms with Gasteiger partial charge in [0.05, 0.1) is 22.7 Å².